The molecule has 0 heterocycles. The van der Waals surface area contributed by atoms with Gasteiger partial charge in [0.1, 0.15) is 13.2 Å². The summed E-state index contributed by atoms with van der Waals surface area (Å²) < 4.78 is 52.0. The second-order valence-electron chi connectivity index (χ2n) is 5.60. The highest BCUT2D eigenvalue weighted by Crippen LogP contribution is 2.56. The van der Waals surface area contributed by atoms with Gasteiger partial charge in [-0.2, -0.15) is 13.2 Å². The monoisotopic (exact) mass is 329 g/mol. The summed E-state index contributed by atoms with van der Waals surface area (Å²) in [7, 11) is -3.28. The zero-order chi connectivity index (χ0) is 16.0. The van der Waals surface area contributed by atoms with E-state index in [0.29, 0.717) is 0 Å². The fraction of sp³-hybridized carbons (Fsp3) is 0.833. The van der Waals surface area contributed by atoms with Gasteiger partial charge in [0.25, 0.3) is 0 Å². The molecule has 8 heteroatoms. The third-order valence-corrected chi connectivity index (χ3v) is 8.02. The van der Waals surface area contributed by atoms with E-state index in [-0.39, 0.29) is 12.3 Å². The van der Waals surface area contributed by atoms with E-state index in [4.69, 9.17) is 9.26 Å². The van der Waals surface area contributed by atoms with Gasteiger partial charge in [-0.3, -0.25) is 0 Å². The third kappa shape index (κ3) is 8.10. The molecule has 0 aliphatic heterocycles. The lowest BCUT2D eigenvalue weighted by molar-refractivity contribution is -0.152. The highest BCUT2D eigenvalue weighted by atomic mass is 31.2. The number of hydrogen-bond acceptors (Lipinski definition) is 3. The van der Waals surface area contributed by atoms with E-state index in [1.165, 1.54) is 7.11 Å². The number of methoxy groups -OCH3 is 1. The van der Waals surface area contributed by atoms with Gasteiger partial charge in [0.2, 0.25) is 0 Å². The first kappa shape index (κ1) is 19.7. The van der Waals surface area contributed by atoms with Crippen LogP contribution in [0.1, 0.15) is 13.8 Å². The lowest BCUT2D eigenvalue weighted by Gasteiger charge is -2.27. The second-order valence-corrected chi connectivity index (χ2v) is 13.5. The first-order chi connectivity index (χ1) is 8.92. The van der Waals surface area contributed by atoms with Gasteiger partial charge in [-0.05, 0) is 25.3 Å². The average molecular weight is 329 g/mol. The Labute approximate surface area is 120 Å². The van der Waals surface area contributed by atoms with Crippen molar-refractivity contribution in [1.29, 1.82) is 0 Å². The molecule has 1 unspecified atom stereocenters. The van der Waals surface area contributed by atoms with Crippen molar-refractivity contribution in [3.8, 4) is 11.6 Å². The van der Waals surface area contributed by atoms with Crippen LogP contribution >= 0.6 is 7.28 Å². The van der Waals surface area contributed by atoms with Crippen LogP contribution in [0.2, 0.25) is 19.6 Å². The fourth-order valence-electron chi connectivity index (χ4n) is 1.31. The fourth-order valence-corrected chi connectivity index (χ4v) is 7.49. The van der Waals surface area contributed by atoms with Crippen molar-refractivity contribution in [1.82, 2.24) is 0 Å². The molecule has 0 aromatic heterocycles. The molecular weight excluding hydrogens is 306 g/mol. The van der Waals surface area contributed by atoms with E-state index < -0.39 is 28.3 Å². The lowest BCUT2D eigenvalue weighted by atomic mass is 10.6. The minimum Gasteiger partial charge on any atom is -0.372 e. The quantitative estimate of drug-likeness (QED) is 0.421. The molecule has 0 spiro atoms. The summed E-state index contributed by atoms with van der Waals surface area (Å²) in [5.74, 6) is 2.73. The summed E-state index contributed by atoms with van der Waals surface area (Å²) in [6.45, 7) is 8.32. The van der Waals surface area contributed by atoms with Crippen molar-refractivity contribution in [2.45, 2.75) is 45.3 Å². The molecule has 0 fully saturated rings. The number of rotatable bonds is 5. The molecule has 118 valence electrons. The molecule has 0 N–H and O–H groups in total. The molecule has 0 bridgehead atoms. The molecule has 1 atom stereocenters. The Balaban J connectivity index is 5.61. The van der Waals surface area contributed by atoms with E-state index in [0.717, 1.165) is 0 Å². The molecule has 0 saturated heterocycles. The number of ether oxygens (including phenoxy) is 1. The topological polar surface area (TPSA) is 30.8 Å². The Morgan fingerprint density at radius 2 is 1.80 bits per heavy atom. The predicted octanol–water partition coefficient (Wildman–Crippen LogP) is 4.53. The summed E-state index contributed by atoms with van der Waals surface area (Å²) in [6.07, 6.45) is -4.38. The standard InChI is InChI=1S/C12H23F3NO2PSi/c1-11(2)19(9-7-8-17-3,16-20(4,5)6)18-10-12(13,14)15/h11H,8,10H2,1-6H3. The molecule has 0 aliphatic rings. The van der Waals surface area contributed by atoms with E-state index in [9.17, 15) is 13.2 Å². The zero-order valence-corrected chi connectivity index (χ0v) is 14.7. The zero-order valence-electron chi connectivity index (χ0n) is 12.8. The van der Waals surface area contributed by atoms with Crippen LogP contribution < -0.4 is 0 Å². The average Bonchev–Trinajstić information content (AvgIpc) is 2.22. The third-order valence-electron chi connectivity index (χ3n) is 2.03. The smallest absolute Gasteiger partial charge is 0.372 e. The van der Waals surface area contributed by atoms with Crippen molar-refractivity contribution < 1.29 is 22.4 Å². The number of hydrogen-bond donors (Lipinski definition) is 0. The minimum absolute atomic E-state index is 0.158. The first-order valence-corrected chi connectivity index (χ1v) is 11.4. The molecular formula is C12H23F3NO2PSi. The number of alkyl halides is 3. The highest BCUT2D eigenvalue weighted by molar-refractivity contribution is 7.68. The minimum atomic E-state index is -4.38. The molecule has 0 aromatic rings. The summed E-state index contributed by atoms with van der Waals surface area (Å²) in [5.41, 5.74) is 2.67. The van der Waals surface area contributed by atoms with Gasteiger partial charge in [0.15, 0.2) is 15.5 Å². The largest absolute Gasteiger partial charge is 0.412 e. The van der Waals surface area contributed by atoms with Gasteiger partial charge in [-0.15, -0.1) is 0 Å². The molecule has 20 heavy (non-hydrogen) atoms. The van der Waals surface area contributed by atoms with Crippen LogP contribution in [0.25, 0.3) is 0 Å². The molecule has 0 rings (SSSR count). The van der Waals surface area contributed by atoms with Gasteiger partial charge in [-0.1, -0.05) is 19.8 Å². The van der Waals surface area contributed by atoms with Crippen LogP contribution in [0.3, 0.4) is 0 Å². The Bertz CT molecular complexity index is 419. The van der Waals surface area contributed by atoms with Crippen molar-refractivity contribution in [3.05, 3.63) is 0 Å². The summed E-state index contributed by atoms with van der Waals surface area (Å²) in [6, 6.07) is 0. The first-order valence-electron chi connectivity index (χ1n) is 6.25. The van der Waals surface area contributed by atoms with Gasteiger partial charge < -0.3 is 13.7 Å². The Morgan fingerprint density at radius 3 is 2.15 bits per heavy atom. The maximum absolute atomic E-state index is 12.5. The Hall–Kier alpha value is -0.283. The maximum atomic E-state index is 12.5. The highest BCUT2D eigenvalue weighted by Gasteiger charge is 2.34. The van der Waals surface area contributed by atoms with Crippen LogP contribution in [-0.4, -0.2) is 40.4 Å². The van der Waals surface area contributed by atoms with Crippen molar-refractivity contribution in [2.24, 2.45) is 4.41 Å². The normalized spacial score (nSPS) is 15.5. The van der Waals surface area contributed by atoms with Crippen molar-refractivity contribution >= 4 is 15.5 Å². The molecule has 0 amide bonds. The summed E-state index contributed by atoms with van der Waals surface area (Å²) >= 11 is 0. The van der Waals surface area contributed by atoms with E-state index in [2.05, 4.69) is 16.0 Å². The number of halogens is 3. The molecule has 0 saturated carbocycles. The van der Waals surface area contributed by atoms with Crippen LogP contribution in [0.15, 0.2) is 4.41 Å². The lowest BCUT2D eigenvalue weighted by Crippen LogP contribution is -2.21. The molecule has 0 radical (unpaired) electrons. The van der Waals surface area contributed by atoms with E-state index in [1.807, 2.05) is 19.6 Å². The SMILES string of the molecule is COCC#CP(=N[Si](C)(C)C)(OCC(F)(F)F)C(C)C. The molecule has 0 aromatic carbocycles. The van der Waals surface area contributed by atoms with E-state index >= 15 is 0 Å². The predicted molar refractivity (Wildman–Crippen MR) is 79.5 cm³/mol. The van der Waals surface area contributed by atoms with Gasteiger partial charge in [-0.25, -0.2) is 0 Å². The number of nitrogens with zero attached hydrogens (tertiary/aromatic N) is 1. The summed E-state index contributed by atoms with van der Waals surface area (Å²) in [4.78, 5) is 0. The Kier molecular flexibility index (Phi) is 7.54. The Morgan fingerprint density at radius 1 is 1.25 bits per heavy atom. The van der Waals surface area contributed by atoms with Crippen molar-refractivity contribution in [2.75, 3.05) is 20.3 Å². The maximum Gasteiger partial charge on any atom is 0.412 e. The van der Waals surface area contributed by atoms with Crippen LogP contribution in [0, 0.1) is 11.6 Å². The molecule has 3 nitrogen and oxygen atoms in total. The van der Waals surface area contributed by atoms with Gasteiger partial charge >= 0.3 is 6.18 Å². The van der Waals surface area contributed by atoms with Gasteiger partial charge in [0.05, 0.1) is 0 Å². The van der Waals surface area contributed by atoms with Crippen LogP contribution in [-0.2, 0) is 9.26 Å². The van der Waals surface area contributed by atoms with Crippen molar-refractivity contribution in [3.63, 3.8) is 0 Å². The van der Waals surface area contributed by atoms with Crippen LogP contribution in [0.5, 0.6) is 0 Å². The van der Waals surface area contributed by atoms with Gasteiger partial charge in [0, 0.05) is 12.8 Å². The van der Waals surface area contributed by atoms with E-state index in [1.54, 1.807) is 13.8 Å². The molecule has 0 aliphatic carbocycles. The summed E-state index contributed by atoms with van der Waals surface area (Å²) in [5, 5.41) is 0. The van der Waals surface area contributed by atoms with Crippen LogP contribution in [0.4, 0.5) is 13.2 Å². The second kappa shape index (κ2) is 7.65.